The average Bonchev–Trinajstić information content (AvgIpc) is 2.96. The van der Waals surface area contributed by atoms with Gasteiger partial charge in [-0.2, -0.15) is 0 Å². The molecule has 20 heavy (non-hydrogen) atoms. The smallest absolute Gasteiger partial charge is 0.332 e. The van der Waals surface area contributed by atoms with Gasteiger partial charge in [0, 0.05) is 38.2 Å². The van der Waals surface area contributed by atoms with Crippen LogP contribution in [0.4, 0.5) is 4.79 Å². The highest BCUT2D eigenvalue weighted by atomic mass is 16.5. The number of rotatable bonds is 4. The standard InChI is InChI=1S/C13H21N3O4/c17-11(18)13(4-6-20-8-13)15-12(19)14-9-3-5-16(7-9)10-1-2-10/h9-10H,1-8H2,(H,17,18)(H2,14,15,19). The van der Waals surface area contributed by atoms with Crippen molar-refractivity contribution in [3.63, 3.8) is 0 Å². The number of carboxylic acids is 1. The van der Waals surface area contributed by atoms with Crippen LogP contribution in [0.15, 0.2) is 0 Å². The predicted octanol–water partition coefficient (Wildman–Crippen LogP) is -0.234. The summed E-state index contributed by atoms with van der Waals surface area (Å²) >= 11 is 0. The number of urea groups is 1. The Balaban J connectivity index is 1.50. The molecule has 3 N–H and O–H groups in total. The number of nitrogens with one attached hydrogen (secondary N) is 2. The zero-order valence-electron chi connectivity index (χ0n) is 11.4. The molecule has 3 aliphatic rings. The number of hydrogen-bond donors (Lipinski definition) is 3. The van der Waals surface area contributed by atoms with Gasteiger partial charge >= 0.3 is 12.0 Å². The van der Waals surface area contributed by atoms with Gasteiger partial charge in [-0.3, -0.25) is 4.90 Å². The number of aliphatic carboxylic acids is 1. The molecule has 0 aromatic heterocycles. The van der Waals surface area contributed by atoms with Crippen LogP contribution in [0.5, 0.6) is 0 Å². The highest BCUT2D eigenvalue weighted by Gasteiger charge is 2.44. The van der Waals surface area contributed by atoms with Gasteiger partial charge in [0.15, 0.2) is 5.54 Å². The summed E-state index contributed by atoms with van der Waals surface area (Å²) in [7, 11) is 0. The maximum atomic E-state index is 12.0. The van der Waals surface area contributed by atoms with Gasteiger partial charge in [-0.25, -0.2) is 9.59 Å². The largest absolute Gasteiger partial charge is 0.479 e. The molecule has 2 unspecified atom stereocenters. The first kappa shape index (κ1) is 13.6. The lowest BCUT2D eigenvalue weighted by Crippen LogP contribution is -2.59. The van der Waals surface area contributed by atoms with Crippen LogP contribution >= 0.6 is 0 Å². The third-order valence-corrected chi connectivity index (χ3v) is 4.40. The Bertz CT molecular complexity index is 404. The fraction of sp³-hybridized carbons (Fsp3) is 0.846. The van der Waals surface area contributed by atoms with Crippen LogP contribution in [0, 0.1) is 0 Å². The van der Waals surface area contributed by atoms with E-state index in [1.807, 2.05) is 0 Å². The third kappa shape index (κ3) is 2.73. The Hall–Kier alpha value is -1.34. The van der Waals surface area contributed by atoms with E-state index in [1.165, 1.54) is 12.8 Å². The van der Waals surface area contributed by atoms with Gasteiger partial charge in [0.05, 0.1) is 6.61 Å². The van der Waals surface area contributed by atoms with Crippen LogP contribution in [0.1, 0.15) is 25.7 Å². The van der Waals surface area contributed by atoms with E-state index in [9.17, 15) is 14.7 Å². The van der Waals surface area contributed by atoms with Crippen molar-refractivity contribution in [2.24, 2.45) is 0 Å². The molecule has 2 aliphatic heterocycles. The molecule has 0 aromatic carbocycles. The molecule has 2 heterocycles. The van der Waals surface area contributed by atoms with Crippen LogP contribution in [0.2, 0.25) is 0 Å². The second-order valence-corrected chi connectivity index (χ2v) is 6.00. The second kappa shape index (κ2) is 5.21. The van der Waals surface area contributed by atoms with Crippen LogP contribution in [0.25, 0.3) is 0 Å². The quantitative estimate of drug-likeness (QED) is 0.663. The van der Waals surface area contributed by atoms with Gasteiger partial charge in [-0.15, -0.1) is 0 Å². The van der Waals surface area contributed by atoms with Gasteiger partial charge < -0.3 is 20.5 Å². The van der Waals surface area contributed by atoms with Crippen molar-refractivity contribution < 1.29 is 19.4 Å². The van der Waals surface area contributed by atoms with E-state index in [-0.39, 0.29) is 12.6 Å². The Kier molecular flexibility index (Phi) is 3.55. The number of carbonyl (C=O) groups excluding carboxylic acids is 1. The van der Waals surface area contributed by atoms with E-state index in [4.69, 9.17) is 4.74 Å². The average molecular weight is 283 g/mol. The monoisotopic (exact) mass is 283 g/mol. The zero-order chi connectivity index (χ0) is 14.2. The molecule has 0 spiro atoms. The molecule has 1 saturated carbocycles. The van der Waals surface area contributed by atoms with Gasteiger partial charge in [-0.1, -0.05) is 0 Å². The molecular weight excluding hydrogens is 262 g/mol. The summed E-state index contributed by atoms with van der Waals surface area (Å²) < 4.78 is 5.12. The second-order valence-electron chi connectivity index (χ2n) is 6.00. The first-order valence-electron chi connectivity index (χ1n) is 7.23. The summed E-state index contributed by atoms with van der Waals surface area (Å²) in [5.41, 5.74) is -1.27. The van der Waals surface area contributed by atoms with E-state index in [1.54, 1.807) is 0 Å². The lowest BCUT2D eigenvalue weighted by atomic mass is 9.99. The number of likely N-dealkylation sites (tertiary alicyclic amines) is 1. The van der Waals surface area contributed by atoms with Crippen LogP contribution in [-0.2, 0) is 9.53 Å². The lowest BCUT2D eigenvalue weighted by molar-refractivity contribution is -0.144. The minimum atomic E-state index is -1.27. The van der Waals surface area contributed by atoms with Crippen molar-refractivity contribution in [1.29, 1.82) is 0 Å². The molecule has 7 heteroatoms. The van der Waals surface area contributed by atoms with Gasteiger partial charge in [0.1, 0.15) is 0 Å². The number of amides is 2. The SMILES string of the molecule is O=C(NC1CCN(C2CC2)C1)NC1(C(=O)O)CCOC1. The number of carbonyl (C=O) groups is 2. The van der Waals surface area contributed by atoms with E-state index in [2.05, 4.69) is 15.5 Å². The van der Waals surface area contributed by atoms with E-state index in [0.717, 1.165) is 19.5 Å². The first-order chi connectivity index (χ1) is 9.59. The van der Waals surface area contributed by atoms with Crippen molar-refractivity contribution in [1.82, 2.24) is 15.5 Å². The highest BCUT2D eigenvalue weighted by molar-refractivity contribution is 5.86. The molecule has 7 nitrogen and oxygen atoms in total. The van der Waals surface area contributed by atoms with Crippen molar-refractivity contribution in [2.45, 2.75) is 43.3 Å². The molecule has 0 radical (unpaired) electrons. The number of ether oxygens (including phenoxy) is 1. The maximum Gasteiger partial charge on any atom is 0.332 e. The molecule has 0 bridgehead atoms. The minimum Gasteiger partial charge on any atom is -0.479 e. The molecular formula is C13H21N3O4. The van der Waals surface area contributed by atoms with Gasteiger partial charge in [0.25, 0.3) is 0 Å². The zero-order valence-corrected chi connectivity index (χ0v) is 11.4. The van der Waals surface area contributed by atoms with Gasteiger partial charge in [-0.05, 0) is 19.3 Å². The van der Waals surface area contributed by atoms with E-state index in [0.29, 0.717) is 19.1 Å². The van der Waals surface area contributed by atoms with Crippen molar-refractivity contribution in [3.8, 4) is 0 Å². The van der Waals surface area contributed by atoms with E-state index >= 15 is 0 Å². The summed E-state index contributed by atoms with van der Waals surface area (Å²) in [5, 5.41) is 14.7. The summed E-state index contributed by atoms with van der Waals surface area (Å²) in [4.78, 5) is 25.7. The third-order valence-electron chi connectivity index (χ3n) is 4.40. The van der Waals surface area contributed by atoms with Crippen molar-refractivity contribution in [3.05, 3.63) is 0 Å². The van der Waals surface area contributed by atoms with Crippen molar-refractivity contribution in [2.75, 3.05) is 26.3 Å². The summed E-state index contributed by atoms with van der Waals surface area (Å²) in [6, 6.07) is 0.419. The molecule has 2 amide bonds. The molecule has 1 aliphatic carbocycles. The topological polar surface area (TPSA) is 90.9 Å². The number of carboxylic acid groups (broad SMARTS) is 1. The lowest BCUT2D eigenvalue weighted by Gasteiger charge is -2.25. The molecule has 3 rings (SSSR count). The molecule has 3 fully saturated rings. The van der Waals surface area contributed by atoms with E-state index < -0.39 is 17.5 Å². The maximum absolute atomic E-state index is 12.0. The number of hydrogen-bond acceptors (Lipinski definition) is 4. The Labute approximate surface area is 117 Å². The molecule has 2 saturated heterocycles. The van der Waals surface area contributed by atoms with Crippen LogP contribution in [0.3, 0.4) is 0 Å². The molecule has 2 atom stereocenters. The minimum absolute atomic E-state index is 0.0363. The Morgan fingerprint density at radius 2 is 2.10 bits per heavy atom. The molecule has 0 aromatic rings. The Morgan fingerprint density at radius 1 is 1.30 bits per heavy atom. The van der Waals surface area contributed by atoms with Crippen LogP contribution < -0.4 is 10.6 Å². The van der Waals surface area contributed by atoms with Crippen LogP contribution in [-0.4, -0.2) is 65.9 Å². The number of nitrogens with zero attached hydrogens (tertiary/aromatic N) is 1. The predicted molar refractivity (Wildman–Crippen MR) is 70.5 cm³/mol. The normalized spacial score (nSPS) is 34.1. The summed E-state index contributed by atoms with van der Waals surface area (Å²) in [6.07, 6.45) is 3.77. The fourth-order valence-electron chi connectivity index (χ4n) is 3.00. The Morgan fingerprint density at radius 3 is 2.70 bits per heavy atom. The fourth-order valence-corrected chi connectivity index (χ4v) is 3.00. The van der Waals surface area contributed by atoms with Gasteiger partial charge in [0.2, 0.25) is 0 Å². The van der Waals surface area contributed by atoms with Crippen molar-refractivity contribution >= 4 is 12.0 Å². The summed E-state index contributed by atoms with van der Waals surface area (Å²) in [5.74, 6) is -1.03. The molecule has 112 valence electrons. The summed E-state index contributed by atoms with van der Waals surface area (Å²) in [6.45, 7) is 2.29. The highest BCUT2D eigenvalue weighted by Crippen LogP contribution is 2.29. The first-order valence-corrected chi connectivity index (χ1v) is 7.23.